The summed E-state index contributed by atoms with van der Waals surface area (Å²) >= 11 is 0. The van der Waals surface area contributed by atoms with E-state index in [2.05, 4.69) is 15.0 Å². The van der Waals surface area contributed by atoms with Gasteiger partial charge in [-0.05, 0) is 23.3 Å². The Morgan fingerprint density at radius 3 is 2.16 bits per heavy atom. The number of carbonyl (C=O) groups is 1. The summed E-state index contributed by atoms with van der Waals surface area (Å²) in [5, 5.41) is 13.6. The van der Waals surface area contributed by atoms with Crippen molar-refractivity contribution in [3.8, 4) is 0 Å². The minimum Gasteiger partial charge on any atom is -0.368 e. The van der Waals surface area contributed by atoms with E-state index < -0.39 is 17.7 Å². The molecular weight excluding hydrogens is 429 g/mol. The molecule has 172 valence electrons. The van der Waals surface area contributed by atoms with Gasteiger partial charge in [0.05, 0.1) is 11.5 Å². The molecule has 1 aliphatic heterocycles. The number of amides is 2. The first-order valence-corrected chi connectivity index (χ1v) is 9.96. The number of nitrogens with zero attached hydrogens (tertiary/aromatic N) is 3. The molecule has 11 heteroatoms. The van der Waals surface area contributed by atoms with Crippen molar-refractivity contribution in [2.24, 2.45) is 0 Å². The highest BCUT2D eigenvalue weighted by Gasteiger charge is 2.27. The average molecular weight is 452 g/mol. The van der Waals surface area contributed by atoms with Crippen LogP contribution < -0.4 is 10.2 Å². The first kappa shape index (κ1) is 23.3. The fraction of sp³-hybridized carbons (Fsp3) is 0.381. The zero-order chi connectivity index (χ0) is 23.1. The summed E-state index contributed by atoms with van der Waals surface area (Å²) < 4.78 is 40.9. The van der Waals surface area contributed by atoms with Crippen LogP contribution in [-0.2, 0) is 17.9 Å². The second-order valence-electron chi connectivity index (χ2n) is 7.33. The minimum atomic E-state index is -4.35. The summed E-state index contributed by atoms with van der Waals surface area (Å²) in [6.45, 7) is 1.12. The van der Waals surface area contributed by atoms with Gasteiger partial charge in [-0.3, -0.25) is 10.1 Å². The van der Waals surface area contributed by atoms with Crippen molar-refractivity contribution in [3.05, 3.63) is 69.8 Å². The number of rotatable bonds is 7. The number of hydrogen-bond donors (Lipinski definition) is 1. The average Bonchev–Trinajstić information content (AvgIpc) is 2.77. The third-order valence-electron chi connectivity index (χ3n) is 4.99. The number of anilines is 1. The molecule has 0 bridgehead atoms. The summed E-state index contributed by atoms with van der Waals surface area (Å²) in [5.41, 5.74) is 2.35. The zero-order valence-electron chi connectivity index (χ0n) is 17.2. The van der Waals surface area contributed by atoms with Crippen molar-refractivity contribution in [1.29, 1.82) is 0 Å². The fourth-order valence-electron chi connectivity index (χ4n) is 3.28. The minimum absolute atomic E-state index is 0.0358. The van der Waals surface area contributed by atoms with E-state index in [9.17, 15) is 28.1 Å². The van der Waals surface area contributed by atoms with Crippen LogP contribution in [-0.4, -0.2) is 54.8 Å². The number of halogens is 3. The van der Waals surface area contributed by atoms with Crippen molar-refractivity contribution in [2.75, 3.05) is 37.7 Å². The molecule has 0 unspecified atom stereocenters. The fourth-order valence-corrected chi connectivity index (χ4v) is 3.28. The summed E-state index contributed by atoms with van der Waals surface area (Å²) in [5.74, 6) is 0. The first-order valence-electron chi connectivity index (χ1n) is 9.96. The van der Waals surface area contributed by atoms with E-state index in [1.807, 2.05) is 0 Å². The molecule has 0 aliphatic carbocycles. The van der Waals surface area contributed by atoms with Crippen LogP contribution in [0, 0.1) is 10.1 Å². The lowest BCUT2D eigenvalue weighted by atomic mass is 10.1. The SMILES string of the molecule is O=C(NCc1ccc(COCC(F)(F)F)cc1)N1CCN(c2ccc([N+](=O)[O-])cc2)CC1. The lowest BCUT2D eigenvalue weighted by Crippen LogP contribution is -2.51. The number of ether oxygens (including phenoxy) is 1. The van der Waals surface area contributed by atoms with Crippen LogP contribution in [0.1, 0.15) is 11.1 Å². The number of non-ortho nitro benzene ring substituents is 1. The van der Waals surface area contributed by atoms with Crippen LogP contribution in [0.3, 0.4) is 0 Å². The molecule has 1 aliphatic rings. The molecule has 0 atom stereocenters. The summed E-state index contributed by atoms with van der Waals surface area (Å²) in [6.07, 6.45) is -4.35. The maximum absolute atomic E-state index is 12.4. The number of hydrogen-bond acceptors (Lipinski definition) is 5. The Balaban J connectivity index is 1.41. The van der Waals surface area contributed by atoms with Gasteiger partial charge in [0.1, 0.15) is 6.61 Å². The molecule has 0 aromatic heterocycles. The van der Waals surface area contributed by atoms with Crippen molar-refractivity contribution in [3.63, 3.8) is 0 Å². The molecule has 1 saturated heterocycles. The monoisotopic (exact) mass is 452 g/mol. The van der Waals surface area contributed by atoms with E-state index in [0.717, 1.165) is 11.3 Å². The third-order valence-corrected chi connectivity index (χ3v) is 4.99. The lowest BCUT2D eigenvalue weighted by molar-refractivity contribution is -0.384. The molecule has 8 nitrogen and oxygen atoms in total. The molecule has 1 heterocycles. The number of benzene rings is 2. The predicted octanol–water partition coefficient (Wildman–Crippen LogP) is 3.71. The van der Waals surface area contributed by atoms with Gasteiger partial charge in [-0.25, -0.2) is 4.79 Å². The molecule has 32 heavy (non-hydrogen) atoms. The molecule has 0 spiro atoms. The summed E-state index contributed by atoms with van der Waals surface area (Å²) in [4.78, 5) is 26.5. The molecule has 3 rings (SSSR count). The number of piperazine rings is 1. The van der Waals surface area contributed by atoms with Gasteiger partial charge < -0.3 is 19.9 Å². The number of urea groups is 1. The maximum atomic E-state index is 12.4. The normalized spacial score (nSPS) is 14.3. The first-order chi connectivity index (χ1) is 15.2. The number of alkyl halides is 3. The van der Waals surface area contributed by atoms with Gasteiger partial charge in [0.25, 0.3) is 5.69 Å². The summed E-state index contributed by atoms with van der Waals surface area (Å²) in [7, 11) is 0. The van der Waals surface area contributed by atoms with Crippen LogP contribution in [0.15, 0.2) is 48.5 Å². The van der Waals surface area contributed by atoms with Crippen molar-refractivity contribution in [1.82, 2.24) is 10.2 Å². The standard InChI is InChI=1S/C21H23F3N4O4/c22-21(23,24)15-32-14-17-3-1-16(2-4-17)13-25-20(29)27-11-9-26(10-12-27)18-5-7-19(8-6-18)28(30)31/h1-8H,9-15H2,(H,25,29). The van der Waals surface area contributed by atoms with Gasteiger partial charge in [-0.2, -0.15) is 13.2 Å². The van der Waals surface area contributed by atoms with Crippen LogP contribution in [0.5, 0.6) is 0 Å². The molecule has 2 amide bonds. The van der Waals surface area contributed by atoms with E-state index in [4.69, 9.17) is 0 Å². The molecule has 1 fully saturated rings. The number of nitrogens with one attached hydrogen (secondary N) is 1. The van der Waals surface area contributed by atoms with Crippen LogP contribution in [0.25, 0.3) is 0 Å². The van der Waals surface area contributed by atoms with Crippen molar-refractivity contribution < 1.29 is 27.6 Å². The quantitative estimate of drug-likeness (QED) is 0.511. The van der Waals surface area contributed by atoms with E-state index in [1.165, 1.54) is 12.1 Å². The maximum Gasteiger partial charge on any atom is 0.411 e. The molecule has 0 radical (unpaired) electrons. The smallest absolute Gasteiger partial charge is 0.368 e. The van der Waals surface area contributed by atoms with Gasteiger partial charge in [-0.15, -0.1) is 0 Å². The highest BCUT2D eigenvalue weighted by molar-refractivity contribution is 5.74. The summed E-state index contributed by atoms with van der Waals surface area (Å²) in [6, 6.07) is 12.9. The molecule has 0 saturated carbocycles. The van der Waals surface area contributed by atoms with Crippen molar-refractivity contribution in [2.45, 2.75) is 19.3 Å². The van der Waals surface area contributed by atoms with Gasteiger partial charge >= 0.3 is 12.2 Å². The second kappa shape index (κ2) is 10.3. The van der Waals surface area contributed by atoms with Crippen LogP contribution >= 0.6 is 0 Å². The Kier molecular flexibility index (Phi) is 7.52. The van der Waals surface area contributed by atoms with Gasteiger partial charge in [-0.1, -0.05) is 24.3 Å². The lowest BCUT2D eigenvalue weighted by Gasteiger charge is -2.36. The highest BCUT2D eigenvalue weighted by Crippen LogP contribution is 2.21. The third kappa shape index (κ3) is 6.84. The van der Waals surface area contributed by atoms with Gasteiger partial charge in [0.2, 0.25) is 0 Å². The number of carbonyl (C=O) groups excluding carboxylic acids is 1. The van der Waals surface area contributed by atoms with E-state index in [-0.39, 0.29) is 18.3 Å². The Hall–Kier alpha value is -3.34. The van der Waals surface area contributed by atoms with Crippen molar-refractivity contribution >= 4 is 17.4 Å². The second-order valence-corrected chi connectivity index (χ2v) is 7.33. The Bertz CT molecular complexity index is 912. The zero-order valence-corrected chi connectivity index (χ0v) is 17.2. The predicted molar refractivity (Wildman–Crippen MR) is 111 cm³/mol. The number of nitro groups is 1. The van der Waals surface area contributed by atoms with E-state index >= 15 is 0 Å². The van der Waals surface area contributed by atoms with E-state index in [1.54, 1.807) is 41.3 Å². The Morgan fingerprint density at radius 2 is 1.59 bits per heavy atom. The Morgan fingerprint density at radius 1 is 1.00 bits per heavy atom. The highest BCUT2D eigenvalue weighted by atomic mass is 19.4. The van der Waals surface area contributed by atoms with Gasteiger partial charge in [0.15, 0.2) is 0 Å². The van der Waals surface area contributed by atoms with Gasteiger partial charge in [0, 0.05) is 50.5 Å². The Labute approximate surface area is 182 Å². The molecule has 2 aromatic rings. The molecule has 2 aromatic carbocycles. The largest absolute Gasteiger partial charge is 0.411 e. The van der Waals surface area contributed by atoms with Crippen LogP contribution in [0.4, 0.5) is 29.3 Å². The number of nitro benzene ring substituents is 1. The van der Waals surface area contributed by atoms with Crippen LogP contribution in [0.2, 0.25) is 0 Å². The topological polar surface area (TPSA) is 88.0 Å². The molecular formula is C21H23F3N4O4. The van der Waals surface area contributed by atoms with E-state index in [0.29, 0.717) is 38.3 Å². The molecule has 1 N–H and O–H groups in total.